The summed E-state index contributed by atoms with van der Waals surface area (Å²) >= 11 is 0. The van der Waals surface area contributed by atoms with Crippen molar-refractivity contribution in [3.63, 3.8) is 0 Å². The molecule has 0 unspecified atom stereocenters. The second-order valence-electron chi connectivity index (χ2n) is 4.18. The Morgan fingerprint density at radius 2 is 2.05 bits per heavy atom. The summed E-state index contributed by atoms with van der Waals surface area (Å²) in [7, 11) is 4.62. The van der Waals surface area contributed by atoms with Crippen LogP contribution in [0.15, 0.2) is 12.3 Å². The Labute approximate surface area is 115 Å². The molecule has 0 aliphatic heterocycles. The molecule has 0 atom stereocenters. The molecule has 0 fully saturated rings. The fourth-order valence-corrected chi connectivity index (χ4v) is 2.06. The Hall–Kier alpha value is -2.57. The monoisotopic (exact) mass is 277 g/mol. The first-order chi connectivity index (χ1) is 9.49. The lowest BCUT2D eigenvalue weighted by Gasteiger charge is -2.08. The van der Waals surface area contributed by atoms with E-state index in [1.807, 2.05) is 0 Å². The van der Waals surface area contributed by atoms with Crippen LogP contribution in [-0.4, -0.2) is 40.1 Å². The molecule has 0 aliphatic rings. The maximum Gasteiger partial charge on any atom is 0.354 e. The molecule has 0 amide bonds. The third-order valence-corrected chi connectivity index (χ3v) is 3.01. The van der Waals surface area contributed by atoms with Gasteiger partial charge in [0.2, 0.25) is 5.88 Å². The number of aromatic nitrogens is 3. The van der Waals surface area contributed by atoms with Crippen LogP contribution in [0.2, 0.25) is 0 Å². The van der Waals surface area contributed by atoms with Gasteiger partial charge in [0, 0.05) is 24.9 Å². The van der Waals surface area contributed by atoms with Crippen LogP contribution < -0.4 is 9.47 Å². The molecule has 0 spiro atoms. The average Bonchev–Trinajstić information content (AvgIpc) is 2.73. The van der Waals surface area contributed by atoms with Crippen molar-refractivity contribution >= 4 is 5.97 Å². The summed E-state index contributed by atoms with van der Waals surface area (Å²) in [6.45, 7) is 1.70. The number of carbonyl (C=O) groups is 1. The topological polar surface area (TPSA) is 86.5 Å². The summed E-state index contributed by atoms with van der Waals surface area (Å²) in [4.78, 5) is 15.3. The molecular formula is C13H15N3O4. The van der Waals surface area contributed by atoms with Gasteiger partial charge in [-0.3, -0.25) is 4.68 Å². The first-order valence-corrected chi connectivity index (χ1v) is 5.84. The average molecular weight is 277 g/mol. The maximum atomic E-state index is 11.2. The second kappa shape index (κ2) is 5.20. The fraction of sp³-hybridized carbons (Fsp3) is 0.308. The maximum absolute atomic E-state index is 11.2. The van der Waals surface area contributed by atoms with Crippen molar-refractivity contribution in [2.45, 2.75) is 6.92 Å². The number of aryl methyl sites for hydroxylation is 1. The number of methoxy groups -OCH3 is 2. The normalized spacial score (nSPS) is 10.4. The van der Waals surface area contributed by atoms with Crippen LogP contribution in [0.4, 0.5) is 0 Å². The summed E-state index contributed by atoms with van der Waals surface area (Å²) in [5, 5.41) is 13.4. The predicted molar refractivity (Wildman–Crippen MR) is 71.2 cm³/mol. The number of ether oxygens (including phenoxy) is 2. The zero-order valence-electron chi connectivity index (χ0n) is 11.7. The van der Waals surface area contributed by atoms with Gasteiger partial charge in [0.15, 0.2) is 0 Å². The number of carboxylic acid groups (broad SMARTS) is 1. The van der Waals surface area contributed by atoms with E-state index in [2.05, 4.69) is 10.1 Å². The zero-order valence-corrected chi connectivity index (χ0v) is 11.7. The van der Waals surface area contributed by atoms with Gasteiger partial charge < -0.3 is 14.6 Å². The van der Waals surface area contributed by atoms with E-state index in [-0.39, 0.29) is 5.69 Å². The van der Waals surface area contributed by atoms with Gasteiger partial charge in [-0.2, -0.15) is 5.10 Å². The summed E-state index contributed by atoms with van der Waals surface area (Å²) in [5.74, 6) is -0.0863. The van der Waals surface area contributed by atoms with Crippen LogP contribution >= 0.6 is 0 Å². The molecule has 0 bridgehead atoms. The second-order valence-corrected chi connectivity index (χ2v) is 4.18. The summed E-state index contributed by atoms with van der Waals surface area (Å²) in [5.41, 5.74) is 1.84. The van der Waals surface area contributed by atoms with Crippen molar-refractivity contribution in [3.05, 3.63) is 23.5 Å². The molecule has 7 nitrogen and oxygen atoms in total. The van der Waals surface area contributed by atoms with Crippen molar-refractivity contribution in [3.8, 4) is 22.9 Å². The minimum atomic E-state index is -1.02. The highest BCUT2D eigenvalue weighted by molar-refractivity contribution is 5.90. The molecule has 1 N–H and O–H groups in total. The predicted octanol–water partition coefficient (Wildman–Crippen LogP) is 1.51. The first-order valence-electron chi connectivity index (χ1n) is 5.84. The van der Waals surface area contributed by atoms with Crippen LogP contribution in [-0.2, 0) is 7.05 Å². The van der Waals surface area contributed by atoms with Gasteiger partial charge in [0.05, 0.1) is 19.8 Å². The van der Waals surface area contributed by atoms with E-state index in [0.29, 0.717) is 28.5 Å². The van der Waals surface area contributed by atoms with Gasteiger partial charge in [-0.05, 0) is 6.92 Å². The molecule has 0 radical (unpaired) electrons. The first kappa shape index (κ1) is 13.9. The Balaban J connectivity index is 2.63. The molecular weight excluding hydrogens is 262 g/mol. The van der Waals surface area contributed by atoms with Crippen molar-refractivity contribution in [2.24, 2.45) is 7.05 Å². The highest BCUT2D eigenvalue weighted by Gasteiger charge is 2.21. The van der Waals surface area contributed by atoms with Gasteiger partial charge >= 0.3 is 5.97 Å². The molecule has 2 heterocycles. The lowest BCUT2D eigenvalue weighted by atomic mass is 10.1. The number of carboxylic acids is 1. The standard InChI is InChI=1S/C13H15N3O4/c1-7-11(15-16(2)12(7)13(17)18)8-6-14-10(20-4)5-9(8)19-3/h5-6H,1-4H3,(H,17,18). The fourth-order valence-electron chi connectivity index (χ4n) is 2.06. The van der Waals surface area contributed by atoms with E-state index in [0.717, 1.165) is 0 Å². The van der Waals surface area contributed by atoms with Crippen LogP contribution in [0.3, 0.4) is 0 Å². The Morgan fingerprint density at radius 3 is 2.55 bits per heavy atom. The smallest absolute Gasteiger partial charge is 0.354 e. The highest BCUT2D eigenvalue weighted by Crippen LogP contribution is 2.33. The largest absolute Gasteiger partial charge is 0.496 e. The van der Waals surface area contributed by atoms with Crippen molar-refractivity contribution < 1.29 is 19.4 Å². The minimum Gasteiger partial charge on any atom is -0.496 e. The van der Waals surface area contributed by atoms with Gasteiger partial charge in [0.1, 0.15) is 17.1 Å². The van der Waals surface area contributed by atoms with E-state index < -0.39 is 5.97 Å². The molecule has 0 aliphatic carbocycles. The number of rotatable bonds is 4. The van der Waals surface area contributed by atoms with Gasteiger partial charge in [-0.15, -0.1) is 0 Å². The molecule has 2 aromatic rings. The molecule has 0 aromatic carbocycles. The summed E-state index contributed by atoms with van der Waals surface area (Å²) in [6, 6.07) is 1.63. The van der Waals surface area contributed by atoms with E-state index in [4.69, 9.17) is 9.47 Å². The van der Waals surface area contributed by atoms with Crippen LogP contribution in [0.25, 0.3) is 11.3 Å². The summed E-state index contributed by atoms with van der Waals surface area (Å²) in [6.07, 6.45) is 1.55. The van der Waals surface area contributed by atoms with Gasteiger partial charge in [-0.1, -0.05) is 0 Å². The van der Waals surface area contributed by atoms with E-state index in [1.54, 1.807) is 26.2 Å². The minimum absolute atomic E-state index is 0.137. The molecule has 106 valence electrons. The lowest BCUT2D eigenvalue weighted by molar-refractivity contribution is 0.0684. The van der Waals surface area contributed by atoms with E-state index >= 15 is 0 Å². The number of hydrogen-bond acceptors (Lipinski definition) is 5. The molecule has 2 aromatic heterocycles. The highest BCUT2D eigenvalue weighted by atomic mass is 16.5. The van der Waals surface area contributed by atoms with E-state index in [1.165, 1.54) is 18.9 Å². The molecule has 0 saturated carbocycles. The van der Waals surface area contributed by atoms with Crippen molar-refractivity contribution in [1.82, 2.24) is 14.8 Å². The third-order valence-electron chi connectivity index (χ3n) is 3.01. The number of aromatic carboxylic acids is 1. The Morgan fingerprint density at radius 1 is 1.35 bits per heavy atom. The lowest BCUT2D eigenvalue weighted by Crippen LogP contribution is -2.06. The summed E-state index contributed by atoms with van der Waals surface area (Å²) < 4.78 is 11.7. The number of pyridine rings is 1. The number of hydrogen-bond donors (Lipinski definition) is 1. The SMILES string of the molecule is COc1cc(OC)c(-c2nn(C)c(C(=O)O)c2C)cn1. The van der Waals surface area contributed by atoms with Crippen molar-refractivity contribution in [1.29, 1.82) is 0 Å². The third kappa shape index (κ3) is 2.18. The van der Waals surface area contributed by atoms with E-state index in [9.17, 15) is 9.90 Å². The molecule has 0 saturated heterocycles. The Bertz CT molecular complexity index is 664. The number of nitrogens with zero attached hydrogens (tertiary/aromatic N) is 3. The van der Waals surface area contributed by atoms with Gasteiger partial charge in [0.25, 0.3) is 0 Å². The molecule has 20 heavy (non-hydrogen) atoms. The van der Waals surface area contributed by atoms with Crippen LogP contribution in [0, 0.1) is 6.92 Å². The van der Waals surface area contributed by atoms with Crippen LogP contribution in [0.5, 0.6) is 11.6 Å². The van der Waals surface area contributed by atoms with Crippen molar-refractivity contribution in [2.75, 3.05) is 14.2 Å². The van der Waals surface area contributed by atoms with Crippen LogP contribution in [0.1, 0.15) is 16.1 Å². The zero-order chi connectivity index (χ0) is 14.9. The van der Waals surface area contributed by atoms with Gasteiger partial charge in [-0.25, -0.2) is 9.78 Å². The quantitative estimate of drug-likeness (QED) is 0.911. The Kier molecular flexibility index (Phi) is 3.60. The molecule has 7 heteroatoms. The molecule has 2 rings (SSSR count).